The molecule has 2 aliphatic rings. The lowest BCUT2D eigenvalue weighted by atomic mass is 9.82. The Morgan fingerprint density at radius 2 is 2.18 bits per heavy atom. The van der Waals surface area contributed by atoms with Gasteiger partial charge in [0.05, 0.1) is 12.6 Å². The lowest BCUT2D eigenvalue weighted by Crippen LogP contribution is -2.41. The molecule has 96 valence electrons. The average Bonchev–Trinajstić information content (AvgIpc) is 2.54. The van der Waals surface area contributed by atoms with E-state index in [2.05, 4.69) is 10.2 Å². The first kappa shape index (κ1) is 12.3. The first-order valence-corrected chi connectivity index (χ1v) is 6.01. The first-order valence-electron chi connectivity index (χ1n) is 6.01. The molecule has 17 heavy (non-hydrogen) atoms. The van der Waals surface area contributed by atoms with Crippen LogP contribution in [0.25, 0.3) is 0 Å². The summed E-state index contributed by atoms with van der Waals surface area (Å²) >= 11 is 0. The Labute approximate surface area is 101 Å². The number of urea groups is 1. The Bertz CT molecular complexity index is 299. The molecule has 1 aliphatic carbocycles. The molecule has 0 unspecified atom stereocenters. The summed E-state index contributed by atoms with van der Waals surface area (Å²) in [6.45, 7) is 2.17. The molecule has 3 amide bonds. The van der Waals surface area contributed by atoms with Gasteiger partial charge >= 0.3 is 6.03 Å². The largest absolute Gasteiger partial charge is 0.393 e. The van der Waals surface area contributed by atoms with Gasteiger partial charge in [0.15, 0.2) is 0 Å². The summed E-state index contributed by atoms with van der Waals surface area (Å²) in [6, 6.07) is -0.289. The molecule has 0 bridgehead atoms. The van der Waals surface area contributed by atoms with E-state index >= 15 is 0 Å². The highest BCUT2D eigenvalue weighted by Gasteiger charge is 2.30. The Balaban J connectivity index is 1.67. The maximum atomic E-state index is 11.3. The van der Waals surface area contributed by atoms with Gasteiger partial charge in [0.1, 0.15) is 0 Å². The van der Waals surface area contributed by atoms with Crippen LogP contribution in [0.4, 0.5) is 4.79 Å². The molecule has 2 rings (SSSR count). The molecule has 0 aromatic carbocycles. The Morgan fingerprint density at radius 1 is 1.47 bits per heavy atom. The van der Waals surface area contributed by atoms with Crippen LogP contribution in [0, 0.1) is 5.92 Å². The van der Waals surface area contributed by atoms with Crippen LogP contribution in [-0.4, -0.2) is 66.2 Å². The summed E-state index contributed by atoms with van der Waals surface area (Å²) in [5.74, 6) is 0.403. The third-order valence-corrected chi connectivity index (χ3v) is 3.42. The molecule has 2 N–H and O–H groups in total. The third kappa shape index (κ3) is 2.95. The van der Waals surface area contributed by atoms with E-state index in [1.807, 2.05) is 7.05 Å². The number of imide groups is 1. The lowest BCUT2D eigenvalue weighted by molar-refractivity contribution is -0.125. The molecule has 0 aromatic rings. The predicted octanol–water partition coefficient (Wildman–Crippen LogP) is -0.759. The minimum Gasteiger partial charge on any atom is -0.393 e. The van der Waals surface area contributed by atoms with Crippen LogP contribution in [-0.2, 0) is 4.79 Å². The van der Waals surface area contributed by atoms with Gasteiger partial charge in [0.2, 0.25) is 5.91 Å². The van der Waals surface area contributed by atoms with Crippen LogP contribution in [0.3, 0.4) is 0 Å². The van der Waals surface area contributed by atoms with Crippen molar-refractivity contribution in [3.05, 3.63) is 0 Å². The number of rotatable bonds is 5. The summed E-state index contributed by atoms with van der Waals surface area (Å²) in [5, 5.41) is 11.7. The van der Waals surface area contributed by atoms with Crippen LogP contribution in [0.15, 0.2) is 0 Å². The van der Waals surface area contributed by atoms with Crippen molar-refractivity contribution in [2.75, 3.05) is 33.2 Å². The van der Waals surface area contributed by atoms with Gasteiger partial charge in [-0.05, 0) is 25.8 Å². The second kappa shape index (κ2) is 5.01. The van der Waals surface area contributed by atoms with E-state index in [1.54, 1.807) is 0 Å². The van der Waals surface area contributed by atoms with Crippen molar-refractivity contribution >= 4 is 11.9 Å². The third-order valence-electron chi connectivity index (χ3n) is 3.42. The molecule has 0 radical (unpaired) electrons. The Kier molecular flexibility index (Phi) is 3.63. The summed E-state index contributed by atoms with van der Waals surface area (Å²) in [5.41, 5.74) is 0. The van der Waals surface area contributed by atoms with E-state index < -0.39 is 0 Å². The van der Waals surface area contributed by atoms with Crippen LogP contribution in [0.1, 0.15) is 12.8 Å². The van der Waals surface area contributed by atoms with Crippen molar-refractivity contribution in [3.63, 3.8) is 0 Å². The molecule has 1 heterocycles. The number of nitrogens with zero attached hydrogens (tertiary/aromatic N) is 2. The van der Waals surface area contributed by atoms with Gasteiger partial charge in [-0.2, -0.15) is 0 Å². The normalized spacial score (nSPS) is 28.5. The van der Waals surface area contributed by atoms with E-state index in [4.69, 9.17) is 0 Å². The fourth-order valence-corrected chi connectivity index (χ4v) is 2.33. The zero-order valence-corrected chi connectivity index (χ0v) is 10.1. The number of hydrogen-bond donors (Lipinski definition) is 2. The van der Waals surface area contributed by atoms with Gasteiger partial charge in [-0.25, -0.2) is 4.79 Å². The number of carbonyl (C=O) groups is 2. The summed E-state index contributed by atoms with van der Waals surface area (Å²) in [4.78, 5) is 26.0. The van der Waals surface area contributed by atoms with E-state index in [1.165, 1.54) is 4.90 Å². The van der Waals surface area contributed by atoms with Gasteiger partial charge in [-0.1, -0.05) is 0 Å². The maximum absolute atomic E-state index is 11.3. The minimum atomic E-state index is -0.289. The van der Waals surface area contributed by atoms with Crippen molar-refractivity contribution in [1.29, 1.82) is 0 Å². The van der Waals surface area contributed by atoms with Gasteiger partial charge in [0.25, 0.3) is 0 Å². The number of amides is 3. The highest BCUT2D eigenvalue weighted by Crippen LogP contribution is 2.27. The highest BCUT2D eigenvalue weighted by molar-refractivity contribution is 6.01. The zero-order chi connectivity index (χ0) is 12.4. The van der Waals surface area contributed by atoms with Gasteiger partial charge < -0.3 is 15.3 Å². The SMILES string of the molecule is CN(CCN1C(=O)CNC1=O)CC1CC(O)C1. The molecule has 6 nitrogen and oxygen atoms in total. The molecular weight excluding hydrogens is 222 g/mol. The molecule has 0 spiro atoms. The van der Waals surface area contributed by atoms with Crippen molar-refractivity contribution in [2.45, 2.75) is 18.9 Å². The molecule has 0 atom stereocenters. The number of nitrogens with one attached hydrogen (secondary N) is 1. The fraction of sp³-hybridized carbons (Fsp3) is 0.818. The highest BCUT2D eigenvalue weighted by atomic mass is 16.3. The summed E-state index contributed by atoms with van der Waals surface area (Å²) < 4.78 is 0. The minimum absolute atomic E-state index is 0.122. The van der Waals surface area contributed by atoms with E-state index in [0.717, 1.165) is 19.4 Å². The molecule has 6 heteroatoms. The van der Waals surface area contributed by atoms with Crippen LogP contribution in [0.2, 0.25) is 0 Å². The maximum Gasteiger partial charge on any atom is 0.324 e. The number of likely N-dealkylation sites (N-methyl/N-ethyl adjacent to an activating group) is 1. The van der Waals surface area contributed by atoms with Gasteiger partial charge in [0, 0.05) is 19.6 Å². The smallest absolute Gasteiger partial charge is 0.324 e. The van der Waals surface area contributed by atoms with Crippen LogP contribution in [0.5, 0.6) is 0 Å². The van der Waals surface area contributed by atoms with Crippen molar-refractivity contribution in [3.8, 4) is 0 Å². The monoisotopic (exact) mass is 241 g/mol. The van der Waals surface area contributed by atoms with Gasteiger partial charge in [-0.3, -0.25) is 9.69 Å². The van der Waals surface area contributed by atoms with Crippen molar-refractivity contribution in [1.82, 2.24) is 15.1 Å². The number of carbonyl (C=O) groups excluding carboxylic acids is 2. The molecule has 2 fully saturated rings. The average molecular weight is 241 g/mol. The van der Waals surface area contributed by atoms with Crippen molar-refractivity contribution < 1.29 is 14.7 Å². The lowest BCUT2D eigenvalue weighted by Gasteiger charge is -2.34. The Hall–Kier alpha value is -1.14. The van der Waals surface area contributed by atoms with Crippen LogP contribution < -0.4 is 5.32 Å². The van der Waals surface area contributed by atoms with Crippen LogP contribution >= 0.6 is 0 Å². The zero-order valence-electron chi connectivity index (χ0n) is 10.1. The first-order chi connectivity index (χ1) is 8.06. The van der Waals surface area contributed by atoms with E-state index in [-0.39, 0.29) is 24.6 Å². The predicted molar refractivity (Wildman–Crippen MR) is 61.3 cm³/mol. The fourth-order valence-electron chi connectivity index (χ4n) is 2.33. The molecule has 0 aromatic heterocycles. The quantitative estimate of drug-likeness (QED) is 0.621. The second-order valence-electron chi connectivity index (χ2n) is 4.96. The number of aliphatic hydroxyl groups is 1. The topological polar surface area (TPSA) is 72.9 Å². The van der Waals surface area contributed by atoms with E-state index in [0.29, 0.717) is 19.0 Å². The number of hydrogen-bond acceptors (Lipinski definition) is 4. The molecule has 1 saturated carbocycles. The molecule has 1 aliphatic heterocycles. The Morgan fingerprint density at radius 3 is 2.71 bits per heavy atom. The summed E-state index contributed by atoms with van der Waals surface area (Å²) in [7, 11) is 1.98. The van der Waals surface area contributed by atoms with E-state index in [9.17, 15) is 14.7 Å². The molecular formula is C11H19N3O3. The van der Waals surface area contributed by atoms with Crippen molar-refractivity contribution in [2.24, 2.45) is 5.92 Å². The van der Waals surface area contributed by atoms with Gasteiger partial charge in [-0.15, -0.1) is 0 Å². The summed E-state index contributed by atoms with van der Waals surface area (Å²) in [6.07, 6.45) is 1.61. The second-order valence-corrected chi connectivity index (χ2v) is 4.96. The molecule has 1 saturated heterocycles. The standard InChI is InChI=1S/C11H19N3O3/c1-13(7-8-4-9(15)5-8)2-3-14-10(16)6-12-11(14)17/h8-9,15H,2-7H2,1H3,(H,12,17). The number of aliphatic hydroxyl groups excluding tert-OH is 1.